The van der Waals surface area contributed by atoms with E-state index in [-0.39, 0.29) is 5.69 Å². The van der Waals surface area contributed by atoms with Gasteiger partial charge in [-0.2, -0.15) is 5.10 Å². The molecule has 0 aliphatic rings. The molecule has 92 valence electrons. The van der Waals surface area contributed by atoms with Gasteiger partial charge in [0.25, 0.3) is 0 Å². The number of fused-ring (bicyclic) bond motifs is 1. The minimum absolute atomic E-state index is 0.210. The van der Waals surface area contributed by atoms with E-state index < -0.39 is 0 Å². The van der Waals surface area contributed by atoms with Gasteiger partial charge in [0.2, 0.25) is 0 Å². The third kappa shape index (κ3) is 1.42. The summed E-state index contributed by atoms with van der Waals surface area (Å²) in [5.41, 5.74) is 10.1. The van der Waals surface area contributed by atoms with E-state index in [0.29, 0.717) is 5.82 Å². The van der Waals surface area contributed by atoms with Gasteiger partial charge in [0, 0.05) is 12.6 Å². The smallest absolute Gasteiger partial charge is 0.323 e. The number of benzene rings is 1. The number of hydrogen-bond donors (Lipinski definition) is 3. The van der Waals surface area contributed by atoms with Gasteiger partial charge in [0.1, 0.15) is 5.82 Å². The average molecular weight is 243 g/mol. The first kappa shape index (κ1) is 10.6. The van der Waals surface area contributed by atoms with E-state index in [4.69, 9.17) is 5.73 Å². The lowest BCUT2D eigenvalue weighted by Crippen LogP contribution is -1.99. The van der Waals surface area contributed by atoms with Crippen LogP contribution in [-0.2, 0) is 7.05 Å². The van der Waals surface area contributed by atoms with E-state index >= 15 is 0 Å². The molecule has 1 aromatic carbocycles. The van der Waals surface area contributed by atoms with Crippen LogP contribution < -0.4 is 11.4 Å². The Balaban J connectivity index is 2.28. The lowest BCUT2D eigenvalue weighted by molar-refractivity contribution is 0.767. The van der Waals surface area contributed by atoms with Crippen molar-refractivity contribution in [3.63, 3.8) is 0 Å². The molecule has 6 nitrogen and oxygen atoms in total. The number of hydrogen-bond acceptors (Lipinski definition) is 3. The van der Waals surface area contributed by atoms with Crippen molar-refractivity contribution in [1.29, 1.82) is 0 Å². The van der Waals surface area contributed by atoms with Crippen molar-refractivity contribution in [1.82, 2.24) is 19.7 Å². The predicted molar refractivity (Wildman–Crippen MR) is 70.3 cm³/mol. The zero-order valence-corrected chi connectivity index (χ0v) is 10.1. The van der Waals surface area contributed by atoms with Crippen molar-refractivity contribution in [2.45, 2.75) is 6.92 Å². The monoisotopic (exact) mass is 243 g/mol. The third-order valence-corrected chi connectivity index (χ3v) is 3.07. The van der Waals surface area contributed by atoms with Crippen LogP contribution in [0.25, 0.3) is 22.2 Å². The van der Waals surface area contributed by atoms with Crippen LogP contribution in [0, 0.1) is 6.92 Å². The number of aromatic amines is 2. The summed E-state index contributed by atoms with van der Waals surface area (Å²) in [6.45, 7) is 1.91. The molecule has 0 spiro atoms. The topological polar surface area (TPSA) is 92.5 Å². The highest BCUT2D eigenvalue weighted by molar-refractivity contribution is 5.85. The van der Waals surface area contributed by atoms with Crippen LogP contribution in [0.3, 0.4) is 0 Å². The summed E-state index contributed by atoms with van der Waals surface area (Å²) in [5, 5.41) is 4.28. The molecule has 0 atom stereocenters. The maximum absolute atomic E-state index is 11.2. The molecule has 0 saturated heterocycles. The van der Waals surface area contributed by atoms with Crippen LogP contribution in [0.2, 0.25) is 0 Å². The molecule has 0 radical (unpaired) electrons. The molecule has 0 saturated carbocycles. The molecule has 2 heterocycles. The zero-order valence-electron chi connectivity index (χ0n) is 10.1. The highest BCUT2D eigenvalue weighted by Gasteiger charge is 2.13. The van der Waals surface area contributed by atoms with Crippen LogP contribution in [0.1, 0.15) is 5.69 Å². The lowest BCUT2D eigenvalue weighted by Gasteiger charge is -2.02. The third-order valence-electron chi connectivity index (χ3n) is 3.07. The Hall–Kier alpha value is -2.50. The molecule has 3 rings (SSSR count). The van der Waals surface area contributed by atoms with Crippen LogP contribution in [-0.4, -0.2) is 19.7 Å². The summed E-state index contributed by atoms with van der Waals surface area (Å²) in [6.07, 6.45) is 0. The van der Waals surface area contributed by atoms with Crippen LogP contribution >= 0.6 is 0 Å². The fourth-order valence-corrected chi connectivity index (χ4v) is 2.22. The van der Waals surface area contributed by atoms with Crippen molar-refractivity contribution in [3.8, 4) is 11.1 Å². The second-order valence-corrected chi connectivity index (χ2v) is 4.31. The summed E-state index contributed by atoms with van der Waals surface area (Å²) in [4.78, 5) is 16.7. The van der Waals surface area contributed by atoms with Gasteiger partial charge in [0.05, 0.1) is 16.7 Å². The molecule has 0 bridgehead atoms. The fourth-order valence-electron chi connectivity index (χ4n) is 2.22. The molecular formula is C12H13N5O. The quantitative estimate of drug-likeness (QED) is 0.598. The molecule has 0 fully saturated rings. The van der Waals surface area contributed by atoms with Gasteiger partial charge in [-0.3, -0.25) is 4.68 Å². The van der Waals surface area contributed by atoms with Gasteiger partial charge in [-0.1, -0.05) is 6.07 Å². The Morgan fingerprint density at radius 1 is 1.28 bits per heavy atom. The standard InChI is InChI=1S/C12H13N5O/c1-6-10(11(13)17(2)16-6)7-3-4-8-9(5-7)15-12(18)14-8/h3-5H,13H2,1-2H3,(H2,14,15,18). The van der Waals surface area contributed by atoms with Crippen LogP contribution in [0.15, 0.2) is 23.0 Å². The van der Waals surface area contributed by atoms with E-state index in [1.54, 1.807) is 4.68 Å². The average Bonchev–Trinajstić information content (AvgIpc) is 2.78. The molecule has 4 N–H and O–H groups in total. The van der Waals surface area contributed by atoms with Crippen molar-refractivity contribution in [2.75, 3.05) is 5.73 Å². The van der Waals surface area contributed by atoms with Crippen molar-refractivity contribution in [2.24, 2.45) is 7.05 Å². The Morgan fingerprint density at radius 2 is 2.00 bits per heavy atom. The minimum Gasteiger partial charge on any atom is -0.383 e. The molecule has 0 aliphatic carbocycles. The summed E-state index contributed by atoms with van der Waals surface area (Å²) >= 11 is 0. The summed E-state index contributed by atoms with van der Waals surface area (Å²) in [5.74, 6) is 0.615. The second-order valence-electron chi connectivity index (χ2n) is 4.31. The van der Waals surface area contributed by atoms with Gasteiger partial charge >= 0.3 is 5.69 Å². The van der Waals surface area contributed by atoms with Gasteiger partial charge in [0.15, 0.2) is 0 Å². The molecule has 0 aliphatic heterocycles. The maximum atomic E-state index is 11.2. The van der Waals surface area contributed by atoms with Crippen molar-refractivity contribution >= 4 is 16.9 Å². The number of nitrogens with zero attached hydrogens (tertiary/aromatic N) is 2. The summed E-state index contributed by atoms with van der Waals surface area (Å²) in [6, 6.07) is 5.68. The molecular weight excluding hydrogens is 230 g/mol. The summed E-state index contributed by atoms with van der Waals surface area (Å²) < 4.78 is 1.65. The molecule has 3 aromatic rings. The van der Waals surface area contributed by atoms with E-state index in [1.807, 2.05) is 32.2 Å². The first-order valence-corrected chi connectivity index (χ1v) is 5.58. The number of rotatable bonds is 1. The van der Waals surface area contributed by atoms with E-state index in [2.05, 4.69) is 15.1 Å². The zero-order chi connectivity index (χ0) is 12.9. The Kier molecular flexibility index (Phi) is 2.07. The number of nitrogens with one attached hydrogen (secondary N) is 2. The molecule has 18 heavy (non-hydrogen) atoms. The number of H-pyrrole nitrogens is 2. The lowest BCUT2D eigenvalue weighted by atomic mass is 10.1. The number of aromatic nitrogens is 4. The molecule has 0 unspecified atom stereocenters. The van der Waals surface area contributed by atoms with Gasteiger partial charge in [-0.25, -0.2) is 4.79 Å². The number of nitrogen functional groups attached to an aromatic ring is 1. The number of aryl methyl sites for hydroxylation is 2. The predicted octanol–water partition coefficient (Wildman–Crippen LogP) is 1.15. The van der Waals surface area contributed by atoms with Gasteiger partial charge < -0.3 is 15.7 Å². The second kappa shape index (κ2) is 3.49. The molecule has 6 heteroatoms. The van der Waals surface area contributed by atoms with Gasteiger partial charge in [-0.05, 0) is 24.6 Å². The van der Waals surface area contributed by atoms with Crippen molar-refractivity contribution < 1.29 is 0 Å². The first-order chi connectivity index (χ1) is 8.56. The van der Waals surface area contributed by atoms with E-state index in [0.717, 1.165) is 27.9 Å². The normalized spacial score (nSPS) is 11.2. The summed E-state index contributed by atoms with van der Waals surface area (Å²) in [7, 11) is 1.81. The van der Waals surface area contributed by atoms with Gasteiger partial charge in [-0.15, -0.1) is 0 Å². The van der Waals surface area contributed by atoms with E-state index in [9.17, 15) is 4.79 Å². The highest BCUT2D eigenvalue weighted by Crippen LogP contribution is 2.30. The molecule has 2 aromatic heterocycles. The Bertz CT molecular complexity index is 793. The highest BCUT2D eigenvalue weighted by atomic mass is 16.1. The SMILES string of the molecule is Cc1nn(C)c(N)c1-c1ccc2[nH]c(=O)[nH]c2c1. The maximum Gasteiger partial charge on any atom is 0.323 e. The minimum atomic E-state index is -0.210. The Morgan fingerprint density at radius 3 is 2.67 bits per heavy atom. The van der Waals surface area contributed by atoms with E-state index in [1.165, 1.54) is 0 Å². The van der Waals surface area contributed by atoms with Crippen molar-refractivity contribution in [3.05, 3.63) is 34.4 Å². The number of imidazole rings is 1. The first-order valence-electron chi connectivity index (χ1n) is 5.58. The number of anilines is 1. The largest absolute Gasteiger partial charge is 0.383 e. The fraction of sp³-hybridized carbons (Fsp3) is 0.167. The van der Waals surface area contributed by atoms with Crippen LogP contribution in [0.4, 0.5) is 5.82 Å². The Labute approximate surface area is 102 Å². The van der Waals surface area contributed by atoms with Crippen LogP contribution in [0.5, 0.6) is 0 Å². The number of nitrogens with two attached hydrogens (primary N) is 1. The molecule has 0 amide bonds.